The Morgan fingerprint density at radius 2 is 1.90 bits per heavy atom. The Morgan fingerprint density at radius 1 is 1.19 bits per heavy atom. The monoisotopic (exact) mass is 424 g/mol. The Kier molecular flexibility index (Phi) is 4.89. The minimum absolute atomic E-state index is 0.0529. The van der Waals surface area contributed by atoms with Crippen molar-refractivity contribution in [1.29, 1.82) is 0 Å². The van der Waals surface area contributed by atoms with E-state index in [4.69, 9.17) is 4.74 Å². The number of carbonyl (C=O) groups excluding carboxylic acids is 2. The highest BCUT2D eigenvalue weighted by atomic mass is 16.5. The smallest absolute Gasteiger partial charge is 0.232 e. The highest BCUT2D eigenvalue weighted by Gasteiger charge is 2.52. The number of fused-ring (bicyclic) bond motifs is 3. The fraction of sp³-hybridized carbons (Fsp3) is 0.440. The van der Waals surface area contributed by atoms with E-state index in [2.05, 4.69) is 6.08 Å². The molecule has 1 heterocycles. The zero-order valence-corrected chi connectivity index (χ0v) is 18.3. The number of benzene rings is 1. The Bertz CT molecular complexity index is 1080. The van der Waals surface area contributed by atoms with Crippen LogP contribution in [0.25, 0.3) is 0 Å². The summed E-state index contributed by atoms with van der Waals surface area (Å²) < 4.78 is 6.31. The van der Waals surface area contributed by atoms with Crippen molar-refractivity contribution in [2.24, 2.45) is 5.92 Å². The number of aromatic hydroxyl groups is 2. The molecule has 164 valence electrons. The highest BCUT2D eigenvalue weighted by molar-refractivity contribution is 6.29. The largest absolute Gasteiger partial charge is 0.508 e. The molecule has 3 aliphatic rings. The fourth-order valence-electron chi connectivity index (χ4n) is 5.01. The van der Waals surface area contributed by atoms with Gasteiger partial charge in [0.1, 0.15) is 17.1 Å². The third kappa shape index (κ3) is 3.49. The van der Waals surface area contributed by atoms with E-state index in [9.17, 15) is 24.9 Å². The van der Waals surface area contributed by atoms with Gasteiger partial charge in [0.15, 0.2) is 11.5 Å². The summed E-state index contributed by atoms with van der Waals surface area (Å²) in [4.78, 5) is 26.8. The van der Waals surface area contributed by atoms with Gasteiger partial charge in [0.05, 0.1) is 16.7 Å². The molecule has 0 amide bonds. The molecule has 0 fully saturated rings. The first-order chi connectivity index (χ1) is 14.4. The third-order valence-electron chi connectivity index (χ3n) is 6.57. The minimum atomic E-state index is -1.10. The summed E-state index contributed by atoms with van der Waals surface area (Å²) in [6, 6.07) is 2.23. The van der Waals surface area contributed by atoms with Crippen LogP contribution < -0.4 is 0 Å². The summed E-state index contributed by atoms with van der Waals surface area (Å²) in [6.45, 7) is 7.67. The fourth-order valence-corrected chi connectivity index (χ4v) is 5.01. The van der Waals surface area contributed by atoms with Crippen molar-refractivity contribution in [2.45, 2.75) is 64.6 Å². The summed E-state index contributed by atoms with van der Waals surface area (Å²) >= 11 is 0. The first-order valence-electron chi connectivity index (χ1n) is 10.6. The van der Waals surface area contributed by atoms with Gasteiger partial charge in [-0.3, -0.25) is 9.59 Å². The third-order valence-corrected chi connectivity index (χ3v) is 6.57. The number of phenols is 2. The number of ether oxygens (including phenoxy) is 1. The maximum absolute atomic E-state index is 13.4. The van der Waals surface area contributed by atoms with E-state index < -0.39 is 28.5 Å². The number of carbonyl (C=O) groups is 2. The standard InChI is InChI=1S/C25H28O6/c1-13(2)6-5-8-25(4)17-7-9-24(3,30)12-16(17)20-21(28)15-10-14(26)11-18(27)19(15)22(29)23(20)31-25/h6,10-12,17,26-27,30H,5,7-9H2,1-4H3. The van der Waals surface area contributed by atoms with E-state index in [1.807, 2.05) is 20.8 Å². The first-order valence-corrected chi connectivity index (χ1v) is 10.6. The zero-order chi connectivity index (χ0) is 22.7. The van der Waals surface area contributed by atoms with Crippen molar-refractivity contribution >= 4 is 11.6 Å². The second-order valence-electron chi connectivity index (χ2n) is 9.53. The van der Waals surface area contributed by atoms with Crippen molar-refractivity contribution in [1.82, 2.24) is 0 Å². The van der Waals surface area contributed by atoms with Crippen molar-refractivity contribution < 1.29 is 29.6 Å². The number of hydrogen-bond donors (Lipinski definition) is 3. The predicted molar refractivity (Wildman–Crippen MR) is 115 cm³/mol. The SMILES string of the molecule is CC(C)=CCCC1(C)OC2=C(C(=O)c3cc(O)cc(O)c3C2=O)C2=CC(C)(O)CCC21. The van der Waals surface area contributed by atoms with Crippen molar-refractivity contribution in [3.8, 4) is 11.5 Å². The van der Waals surface area contributed by atoms with Crippen LogP contribution in [0.1, 0.15) is 74.1 Å². The Hall–Kier alpha value is -2.86. The molecule has 0 saturated carbocycles. The van der Waals surface area contributed by atoms with Crippen LogP contribution >= 0.6 is 0 Å². The first kappa shape index (κ1) is 21.4. The van der Waals surface area contributed by atoms with Gasteiger partial charge >= 0.3 is 0 Å². The van der Waals surface area contributed by atoms with E-state index in [-0.39, 0.29) is 34.1 Å². The molecule has 3 unspecified atom stereocenters. The van der Waals surface area contributed by atoms with E-state index in [0.717, 1.165) is 12.5 Å². The maximum atomic E-state index is 13.4. The molecule has 3 atom stereocenters. The average Bonchev–Trinajstić information content (AvgIpc) is 2.64. The van der Waals surface area contributed by atoms with Gasteiger partial charge in [0, 0.05) is 17.5 Å². The van der Waals surface area contributed by atoms with Crippen LogP contribution in [0.3, 0.4) is 0 Å². The van der Waals surface area contributed by atoms with Crippen LogP contribution in [-0.2, 0) is 4.74 Å². The summed E-state index contributed by atoms with van der Waals surface area (Å²) in [5, 5.41) is 30.9. The number of Topliss-reactive ketones (excluding diaryl/α,β-unsaturated/α-hetero) is 2. The van der Waals surface area contributed by atoms with Crippen LogP contribution in [0.2, 0.25) is 0 Å². The molecule has 6 nitrogen and oxygen atoms in total. The summed E-state index contributed by atoms with van der Waals surface area (Å²) in [7, 11) is 0. The van der Waals surface area contributed by atoms with Crippen LogP contribution in [0, 0.1) is 5.92 Å². The van der Waals surface area contributed by atoms with Crippen molar-refractivity contribution in [3.63, 3.8) is 0 Å². The Balaban J connectivity index is 1.90. The van der Waals surface area contributed by atoms with Gasteiger partial charge in [-0.15, -0.1) is 0 Å². The molecule has 0 spiro atoms. The van der Waals surface area contributed by atoms with Crippen LogP contribution in [0.5, 0.6) is 11.5 Å². The Morgan fingerprint density at radius 3 is 2.58 bits per heavy atom. The van der Waals surface area contributed by atoms with Gasteiger partial charge < -0.3 is 20.1 Å². The van der Waals surface area contributed by atoms with Crippen LogP contribution in [0.4, 0.5) is 0 Å². The molecule has 1 aromatic rings. The minimum Gasteiger partial charge on any atom is -0.508 e. The quantitative estimate of drug-likeness (QED) is 0.623. The predicted octanol–water partition coefficient (Wildman–Crippen LogP) is 4.35. The average molecular weight is 424 g/mol. The van der Waals surface area contributed by atoms with Crippen LogP contribution in [-0.4, -0.2) is 38.1 Å². The molecule has 4 rings (SSSR count). The highest BCUT2D eigenvalue weighted by Crippen LogP contribution is 2.52. The molecule has 0 radical (unpaired) electrons. The van der Waals surface area contributed by atoms with E-state index in [0.29, 0.717) is 24.8 Å². The lowest BCUT2D eigenvalue weighted by Crippen LogP contribution is -2.49. The molecular weight excluding hydrogens is 396 g/mol. The van der Waals surface area contributed by atoms with Gasteiger partial charge in [0.25, 0.3) is 0 Å². The number of ketones is 2. The van der Waals surface area contributed by atoms with E-state index >= 15 is 0 Å². The molecule has 3 N–H and O–H groups in total. The number of allylic oxidation sites excluding steroid dienone is 4. The molecule has 0 aromatic heterocycles. The van der Waals surface area contributed by atoms with Crippen molar-refractivity contribution in [3.05, 3.63) is 57.9 Å². The van der Waals surface area contributed by atoms with Crippen molar-refractivity contribution in [2.75, 3.05) is 0 Å². The normalized spacial score (nSPS) is 29.5. The number of phenolic OH excluding ortho intramolecular Hbond substituents is 2. The summed E-state index contributed by atoms with van der Waals surface area (Å²) in [6.07, 6.45) is 6.30. The lowest BCUT2D eigenvalue weighted by molar-refractivity contribution is -0.0491. The topological polar surface area (TPSA) is 104 Å². The lowest BCUT2D eigenvalue weighted by atomic mass is 9.65. The molecule has 0 saturated heterocycles. The second kappa shape index (κ2) is 7.09. The molecule has 2 aliphatic carbocycles. The zero-order valence-electron chi connectivity index (χ0n) is 18.3. The molecule has 1 aliphatic heterocycles. The summed E-state index contributed by atoms with van der Waals surface area (Å²) in [5.41, 5.74) is -0.127. The van der Waals surface area contributed by atoms with Gasteiger partial charge in [-0.2, -0.15) is 0 Å². The van der Waals surface area contributed by atoms with Gasteiger partial charge in [-0.25, -0.2) is 0 Å². The number of rotatable bonds is 3. The molecule has 6 heteroatoms. The second-order valence-corrected chi connectivity index (χ2v) is 9.53. The lowest BCUT2D eigenvalue weighted by Gasteiger charge is -2.48. The number of aliphatic hydroxyl groups is 1. The van der Waals surface area contributed by atoms with Gasteiger partial charge in [-0.1, -0.05) is 11.6 Å². The maximum Gasteiger partial charge on any atom is 0.232 e. The summed E-state index contributed by atoms with van der Waals surface area (Å²) in [5.74, 6) is -2.08. The molecule has 31 heavy (non-hydrogen) atoms. The molecular formula is C25H28O6. The van der Waals surface area contributed by atoms with Gasteiger partial charge in [0.2, 0.25) is 5.78 Å². The molecule has 0 bridgehead atoms. The van der Waals surface area contributed by atoms with E-state index in [1.54, 1.807) is 13.0 Å². The molecule has 1 aromatic carbocycles. The number of hydrogen-bond acceptors (Lipinski definition) is 6. The van der Waals surface area contributed by atoms with Crippen LogP contribution in [0.15, 0.2) is 46.8 Å². The Labute approximate surface area is 181 Å². The van der Waals surface area contributed by atoms with Gasteiger partial charge in [-0.05, 0) is 71.1 Å². The van der Waals surface area contributed by atoms with E-state index in [1.165, 1.54) is 11.6 Å².